The lowest BCUT2D eigenvalue weighted by Crippen LogP contribution is -2.25. The number of alkyl halides is 3. The number of benzene rings is 1. The highest BCUT2D eigenvalue weighted by molar-refractivity contribution is 5.97. The first kappa shape index (κ1) is 15.6. The average molecular weight is 301 g/mol. The van der Waals surface area contributed by atoms with Gasteiger partial charge in [-0.25, -0.2) is 0 Å². The molecule has 1 aliphatic rings. The summed E-state index contributed by atoms with van der Waals surface area (Å²) in [5.74, 6) is -0.216. The predicted octanol–water partition coefficient (Wildman–Crippen LogP) is 2.46. The van der Waals surface area contributed by atoms with E-state index < -0.39 is 17.6 Å². The molecular formula is C14H18F3N3O. The van der Waals surface area contributed by atoms with Crippen LogP contribution in [0, 0.1) is 5.41 Å². The lowest BCUT2D eigenvalue weighted by atomic mass is 10.1. The molecule has 0 saturated carbocycles. The van der Waals surface area contributed by atoms with E-state index in [0.29, 0.717) is 6.61 Å². The standard InChI is InChI=1S/C14H18F3N3O/c15-14(16,17)10-3-4-12(11(9-10)13(18)19)21-8-7-20-5-1-2-6-20/h3-4,9H,1-2,5-8H2,(H3,18,19). The number of nitrogens with zero attached hydrogens (tertiary/aromatic N) is 1. The maximum Gasteiger partial charge on any atom is 0.416 e. The normalized spacial score (nSPS) is 16.1. The van der Waals surface area contributed by atoms with Gasteiger partial charge in [0.15, 0.2) is 0 Å². The summed E-state index contributed by atoms with van der Waals surface area (Å²) in [6, 6.07) is 3.02. The zero-order valence-electron chi connectivity index (χ0n) is 11.5. The summed E-state index contributed by atoms with van der Waals surface area (Å²) >= 11 is 0. The average Bonchev–Trinajstić information content (AvgIpc) is 2.90. The topological polar surface area (TPSA) is 62.3 Å². The third-order valence-corrected chi connectivity index (χ3v) is 3.46. The predicted molar refractivity (Wildman–Crippen MR) is 73.6 cm³/mol. The van der Waals surface area contributed by atoms with Gasteiger partial charge in [0, 0.05) is 6.54 Å². The molecule has 3 N–H and O–H groups in total. The van der Waals surface area contributed by atoms with Crippen molar-refractivity contribution in [2.45, 2.75) is 19.0 Å². The van der Waals surface area contributed by atoms with E-state index in [1.165, 1.54) is 18.9 Å². The molecule has 4 nitrogen and oxygen atoms in total. The third kappa shape index (κ3) is 4.10. The first-order chi connectivity index (χ1) is 9.88. The Balaban J connectivity index is 2.05. The van der Waals surface area contributed by atoms with Gasteiger partial charge in [0.25, 0.3) is 0 Å². The van der Waals surface area contributed by atoms with Gasteiger partial charge in [0.2, 0.25) is 0 Å². The molecule has 0 atom stereocenters. The molecule has 1 saturated heterocycles. The van der Waals surface area contributed by atoms with Crippen molar-refractivity contribution in [1.82, 2.24) is 4.90 Å². The summed E-state index contributed by atoms with van der Waals surface area (Å²) in [6.07, 6.45) is -2.13. The Bertz CT molecular complexity index is 511. The summed E-state index contributed by atoms with van der Waals surface area (Å²) in [4.78, 5) is 2.23. The lowest BCUT2D eigenvalue weighted by Gasteiger charge is -2.17. The first-order valence-corrected chi connectivity index (χ1v) is 6.79. The van der Waals surface area contributed by atoms with Crippen LogP contribution < -0.4 is 10.5 Å². The molecule has 0 spiro atoms. The Hall–Kier alpha value is -1.76. The van der Waals surface area contributed by atoms with Crippen molar-refractivity contribution in [3.8, 4) is 5.75 Å². The molecule has 0 aliphatic carbocycles. The first-order valence-electron chi connectivity index (χ1n) is 6.79. The number of likely N-dealkylation sites (tertiary alicyclic amines) is 1. The van der Waals surface area contributed by atoms with E-state index in [4.69, 9.17) is 15.9 Å². The van der Waals surface area contributed by atoms with Crippen LogP contribution in [0.1, 0.15) is 24.0 Å². The Morgan fingerprint density at radius 3 is 2.52 bits per heavy atom. The van der Waals surface area contributed by atoms with Gasteiger partial charge >= 0.3 is 6.18 Å². The number of nitrogen functional groups attached to an aromatic ring is 1. The molecular weight excluding hydrogens is 283 g/mol. The van der Waals surface area contributed by atoms with E-state index in [1.54, 1.807) is 0 Å². The summed E-state index contributed by atoms with van der Waals surface area (Å²) < 4.78 is 43.5. The van der Waals surface area contributed by atoms with Gasteiger partial charge in [-0.2, -0.15) is 13.2 Å². The van der Waals surface area contributed by atoms with Crippen LogP contribution in [0.2, 0.25) is 0 Å². The van der Waals surface area contributed by atoms with Crippen LogP contribution in [0.25, 0.3) is 0 Å². The van der Waals surface area contributed by atoms with Gasteiger partial charge < -0.3 is 10.5 Å². The van der Waals surface area contributed by atoms with Crippen LogP contribution in [0.15, 0.2) is 18.2 Å². The minimum absolute atomic E-state index is 0.0220. The maximum absolute atomic E-state index is 12.7. The molecule has 1 aromatic rings. The van der Waals surface area contributed by atoms with Gasteiger partial charge in [0.1, 0.15) is 18.2 Å². The van der Waals surface area contributed by atoms with E-state index in [0.717, 1.165) is 31.8 Å². The van der Waals surface area contributed by atoms with E-state index in [-0.39, 0.29) is 11.3 Å². The largest absolute Gasteiger partial charge is 0.491 e. The second-order valence-corrected chi connectivity index (χ2v) is 5.02. The van der Waals surface area contributed by atoms with Crippen molar-refractivity contribution in [3.63, 3.8) is 0 Å². The Kier molecular flexibility index (Phi) is 4.72. The molecule has 1 aliphatic heterocycles. The van der Waals surface area contributed by atoms with Crippen molar-refractivity contribution >= 4 is 5.84 Å². The number of halogens is 3. The zero-order chi connectivity index (χ0) is 15.5. The highest BCUT2D eigenvalue weighted by atomic mass is 19.4. The summed E-state index contributed by atoms with van der Waals surface area (Å²) in [5.41, 5.74) is 4.49. The van der Waals surface area contributed by atoms with Crippen molar-refractivity contribution in [1.29, 1.82) is 5.41 Å². The number of hydrogen-bond acceptors (Lipinski definition) is 3. The number of rotatable bonds is 5. The van der Waals surface area contributed by atoms with E-state index in [9.17, 15) is 13.2 Å². The molecule has 0 amide bonds. The SMILES string of the molecule is N=C(N)c1cc(C(F)(F)F)ccc1OCCN1CCCC1. The monoisotopic (exact) mass is 301 g/mol. The van der Waals surface area contributed by atoms with Crippen molar-refractivity contribution in [3.05, 3.63) is 29.3 Å². The molecule has 1 fully saturated rings. The summed E-state index contributed by atoms with van der Waals surface area (Å²) in [6.45, 7) is 3.13. The summed E-state index contributed by atoms with van der Waals surface area (Å²) in [5, 5.41) is 7.40. The Morgan fingerprint density at radius 2 is 1.95 bits per heavy atom. The Labute approximate surface area is 121 Å². The van der Waals surface area contributed by atoms with E-state index in [2.05, 4.69) is 4.90 Å². The molecule has 21 heavy (non-hydrogen) atoms. The maximum atomic E-state index is 12.7. The quantitative estimate of drug-likeness (QED) is 0.649. The minimum atomic E-state index is -4.46. The molecule has 0 radical (unpaired) electrons. The summed E-state index contributed by atoms with van der Waals surface area (Å²) in [7, 11) is 0. The van der Waals surface area contributed by atoms with Crippen LogP contribution in [-0.2, 0) is 6.18 Å². The highest BCUT2D eigenvalue weighted by Gasteiger charge is 2.31. The fraction of sp³-hybridized carbons (Fsp3) is 0.500. The molecule has 0 bridgehead atoms. The fourth-order valence-corrected chi connectivity index (χ4v) is 2.33. The second kappa shape index (κ2) is 6.34. The highest BCUT2D eigenvalue weighted by Crippen LogP contribution is 2.32. The molecule has 116 valence electrons. The number of ether oxygens (including phenoxy) is 1. The molecule has 0 unspecified atom stereocenters. The smallest absolute Gasteiger partial charge is 0.416 e. The molecule has 1 heterocycles. The Morgan fingerprint density at radius 1 is 1.29 bits per heavy atom. The van der Waals surface area contributed by atoms with Crippen molar-refractivity contribution < 1.29 is 17.9 Å². The van der Waals surface area contributed by atoms with Gasteiger partial charge in [-0.1, -0.05) is 0 Å². The third-order valence-electron chi connectivity index (χ3n) is 3.46. The lowest BCUT2D eigenvalue weighted by molar-refractivity contribution is -0.137. The van der Waals surface area contributed by atoms with Gasteiger partial charge in [-0.15, -0.1) is 0 Å². The molecule has 0 aromatic heterocycles. The van der Waals surface area contributed by atoms with Crippen LogP contribution in [0.3, 0.4) is 0 Å². The van der Waals surface area contributed by atoms with Crippen LogP contribution >= 0.6 is 0 Å². The number of hydrogen-bond donors (Lipinski definition) is 2. The fourth-order valence-electron chi connectivity index (χ4n) is 2.33. The van der Waals surface area contributed by atoms with E-state index in [1.807, 2.05) is 0 Å². The van der Waals surface area contributed by atoms with Crippen molar-refractivity contribution in [2.75, 3.05) is 26.2 Å². The van der Waals surface area contributed by atoms with Crippen molar-refractivity contribution in [2.24, 2.45) is 5.73 Å². The number of nitrogens with one attached hydrogen (secondary N) is 1. The molecule has 7 heteroatoms. The van der Waals surface area contributed by atoms with Crippen LogP contribution in [-0.4, -0.2) is 37.0 Å². The zero-order valence-corrected chi connectivity index (χ0v) is 11.5. The van der Waals surface area contributed by atoms with Crippen LogP contribution in [0.5, 0.6) is 5.75 Å². The molecule has 1 aromatic carbocycles. The van der Waals surface area contributed by atoms with Crippen LogP contribution in [0.4, 0.5) is 13.2 Å². The molecule has 2 rings (SSSR count). The van der Waals surface area contributed by atoms with E-state index >= 15 is 0 Å². The number of nitrogens with two attached hydrogens (primary N) is 1. The number of amidine groups is 1. The van der Waals surface area contributed by atoms with Gasteiger partial charge in [-0.05, 0) is 44.1 Å². The van der Waals surface area contributed by atoms with Gasteiger partial charge in [0.05, 0.1) is 11.1 Å². The second-order valence-electron chi connectivity index (χ2n) is 5.02. The van der Waals surface area contributed by atoms with Gasteiger partial charge in [-0.3, -0.25) is 10.3 Å². The minimum Gasteiger partial charge on any atom is -0.491 e.